The first-order chi connectivity index (χ1) is 19.6. The van der Waals surface area contributed by atoms with Crippen LogP contribution in [0.1, 0.15) is 67.2 Å². The Morgan fingerprint density at radius 3 is 2.29 bits per heavy atom. The fraction of sp³-hybridized carbons (Fsp3) is 0.562. The number of hydrogen-bond acceptors (Lipinski definition) is 9. The predicted molar refractivity (Wildman–Crippen MR) is 155 cm³/mol. The molecule has 9 nitrogen and oxygen atoms in total. The number of carbonyl (C=O) groups is 2. The number of benzene rings is 2. The second kappa shape index (κ2) is 11.9. The molecule has 2 aromatic carbocycles. The van der Waals surface area contributed by atoms with Gasteiger partial charge in [-0.2, -0.15) is 0 Å². The lowest BCUT2D eigenvalue weighted by molar-refractivity contribution is -0.143. The van der Waals surface area contributed by atoms with Crippen molar-refractivity contribution in [3.05, 3.63) is 53.6 Å². The molecule has 1 saturated carbocycles. The maximum atomic E-state index is 12.4. The Balaban J connectivity index is 1.10. The van der Waals surface area contributed by atoms with Crippen molar-refractivity contribution in [3.8, 4) is 11.5 Å². The highest BCUT2D eigenvalue weighted by Crippen LogP contribution is 2.37. The molecule has 0 unspecified atom stereocenters. The van der Waals surface area contributed by atoms with Gasteiger partial charge in [0, 0.05) is 56.8 Å². The van der Waals surface area contributed by atoms with Crippen LogP contribution in [0.25, 0.3) is 0 Å². The summed E-state index contributed by atoms with van der Waals surface area (Å²) in [5.74, 6) is 0.422. The van der Waals surface area contributed by atoms with Crippen LogP contribution in [0.15, 0.2) is 42.5 Å². The van der Waals surface area contributed by atoms with Gasteiger partial charge in [-0.3, -0.25) is 4.90 Å². The minimum absolute atomic E-state index is 0.117. The van der Waals surface area contributed by atoms with Gasteiger partial charge in [0.1, 0.15) is 28.8 Å². The van der Waals surface area contributed by atoms with Crippen LogP contribution in [-0.2, 0) is 14.2 Å². The zero-order chi connectivity index (χ0) is 29.2. The molecule has 0 bridgehead atoms. The second-order valence-electron chi connectivity index (χ2n) is 12.3. The summed E-state index contributed by atoms with van der Waals surface area (Å²) < 4.78 is 28.3. The minimum Gasteiger partial charge on any atom is -0.496 e. The zero-order valence-electron chi connectivity index (χ0n) is 24.8. The summed E-state index contributed by atoms with van der Waals surface area (Å²) in [5, 5.41) is 0. The lowest BCUT2D eigenvalue weighted by atomic mass is 9.83. The molecule has 0 radical (unpaired) electrons. The van der Waals surface area contributed by atoms with Crippen molar-refractivity contribution in [2.24, 2.45) is 0 Å². The van der Waals surface area contributed by atoms with E-state index in [1.165, 1.54) is 14.2 Å². The van der Waals surface area contributed by atoms with Crippen molar-refractivity contribution >= 4 is 17.6 Å². The molecule has 5 rings (SSSR count). The van der Waals surface area contributed by atoms with Crippen LogP contribution >= 0.6 is 0 Å². The molecule has 2 heterocycles. The number of carbonyl (C=O) groups excluding carboxylic acids is 2. The number of esters is 2. The molecule has 9 heteroatoms. The van der Waals surface area contributed by atoms with Crippen LogP contribution in [0.4, 0.5) is 5.69 Å². The van der Waals surface area contributed by atoms with E-state index in [9.17, 15) is 9.59 Å². The van der Waals surface area contributed by atoms with E-state index in [-0.39, 0.29) is 17.7 Å². The standard InChI is InChI=1S/C32H42N2O7/c1-31(2,3)41-29(35)22-6-8-23(9-7-22)33-14-12-32(13-15-33)21-34(16-17-39-32)24-18-26(19-24)40-25-10-11-27(30(36)38-5)28(20-25)37-4/h6-11,20,24,26H,12-19,21H2,1-5H3. The van der Waals surface area contributed by atoms with Gasteiger partial charge < -0.3 is 28.6 Å². The van der Waals surface area contributed by atoms with Crippen molar-refractivity contribution < 1.29 is 33.3 Å². The van der Waals surface area contributed by atoms with Crippen LogP contribution in [0.2, 0.25) is 0 Å². The van der Waals surface area contributed by atoms with Gasteiger partial charge in [0.25, 0.3) is 0 Å². The molecule has 3 aliphatic rings. The maximum absolute atomic E-state index is 12.4. The Morgan fingerprint density at radius 1 is 0.951 bits per heavy atom. The van der Waals surface area contributed by atoms with Crippen LogP contribution in [0, 0.1) is 0 Å². The summed E-state index contributed by atoms with van der Waals surface area (Å²) in [5.41, 5.74) is 1.45. The van der Waals surface area contributed by atoms with E-state index in [0.29, 0.717) is 28.7 Å². The minimum atomic E-state index is -0.508. The van der Waals surface area contributed by atoms with Crippen molar-refractivity contribution in [3.63, 3.8) is 0 Å². The van der Waals surface area contributed by atoms with Gasteiger partial charge in [0.2, 0.25) is 0 Å². The molecule has 2 aromatic rings. The first-order valence-electron chi connectivity index (χ1n) is 14.5. The molecule has 1 spiro atoms. The van der Waals surface area contributed by atoms with Crippen molar-refractivity contribution in [2.75, 3.05) is 51.9 Å². The number of hydrogen-bond donors (Lipinski definition) is 0. The number of ether oxygens (including phenoxy) is 5. The number of nitrogens with zero attached hydrogens (tertiary/aromatic N) is 2. The average Bonchev–Trinajstić information content (AvgIpc) is 2.94. The van der Waals surface area contributed by atoms with Gasteiger partial charge >= 0.3 is 11.9 Å². The molecule has 1 aliphatic carbocycles. The van der Waals surface area contributed by atoms with Gasteiger partial charge in [-0.25, -0.2) is 9.59 Å². The first-order valence-corrected chi connectivity index (χ1v) is 14.5. The molecular weight excluding hydrogens is 524 g/mol. The summed E-state index contributed by atoms with van der Waals surface area (Å²) in [7, 11) is 2.89. The van der Waals surface area contributed by atoms with E-state index in [4.69, 9.17) is 23.7 Å². The van der Waals surface area contributed by atoms with Crippen molar-refractivity contribution in [2.45, 2.75) is 69.8 Å². The van der Waals surface area contributed by atoms with E-state index in [1.807, 2.05) is 45.0 Å². The molecule has 0 atom stereocenters. The lowest BCUT2D eigenvalue weighted by Crippen LogP contribution is -2.61. The number of rotatable bonds is 7. The Hall–Kier alpha value is -3.30. The SMILES string of the molecule is COC(=O)c1ccc(OC2CC(N3CCOC4(CCN(c5ccc(C(=O)OC(C)(C)C)cc5)CC4)C3)C2)cc1OC. The summed E-state index contributed by atoms with van der Waals surface area (Å²) in [6, 6.07) is 13.4. The lowest BCUT2D eigenvalue weighted by Gasteiger charge is -2.52. The van der Waals surface area contributed by atoms with Crippen LogP contribution in [-0.4, -0.2) is 87.2 Å². The first kappa shape index (κ1) is 29.2. The van der Waals surface area contributed by atoms with E-state index in [0.717, 1.165) is 64.2 Å². The topological polar surface area (TPSA) is 86.8 Å². The smallest absolute Gasteiger partial charge is 0.341 e. The Bertz CT molecular complexity index is 1230. The van der Waals surface area contributed by atoms with E-state index >= 15 is 0 Å². The molecule has 0 N–H and O–H groups in total. The third kappa shape index (κ3) is 6.79. The molecule has 2 saturated heterocycles. The van der Waals surface area contributed by atoms with Gasteiger partial charge in [-0.05, 0) is 70.0 Å². The van der Waals surface area contributed by atoms with Crippen LogP contribution in [0.5, 0.6) is 11.5 Å². The predicted octanol–water partition coefficient (Wildman–Crippen LogP) is 4.72. The summed E-state index contributed by atoms with van der Waals surface area (Å²) >= 11 is 0. The fourth-order valence-corrected chi connectivity index (χ4v) is 5.95. The molecule has 222 valence electrons. The molecule has 3 fully saturated rings. The zero-order valence-corrected chi connectivity index (χ0v) is 24.8. The van der Waals surface area contributed by atoms with Crippen LogP contribution < -0.4 is 14.4 Å². The third-order valence-corrected chi connectivity index (χ3v) is 8.29. The summed E-state index contributed by atoms with van der Waals surface area (Å²) in [6.07, 6.45) is 4.01. The molecule has 2 aliphatic heterocycles. The Labute approximate surface area is 242 Å². The van der Waals surface area contributed by atoms with Crippen molar-refractivity contribution in [1.82, 2.24) is 4.90 Å². The highest BCUT2D eigenvalue weighted by molar-refractivity contribution is 5.92. The highest BCUT2D eigenvalue weighted by Gasteiger charge is 2.44. The Kier molecular flexibility index (Phi) is 8.47. The van der Waals surface area contributed by atoms with Gasteiger partial charge in [0.05, 0.1) is 32.0 Å². The number of piperidine rings is 1. The second-order valence-corrected chi connectivity index (χ2v) is 12.3. The molecular formula is C32H42N2O7. The normalized spacial score (nSPS) is 22.5. The maximum Gasteiger partial charge on any atom is 0.341 e. The third-order valence-electron chi connectivity index (χ3n) is 8.29. The average molecular weight is 567 g/mol. The largest absolute Gasteiger partial charge is 0.496 e. The molecule has 0 aromatic heterocycles. The number of morpholine rings is 1. The van der Waals surface area contributed by atoms with Crippen LogP contribution in [0.3, 0.4) is 0 Å². The fourth-order valence-electron chi connectivity index (χ4n) is 5.95. The number of methoxy groups -OCH3 is 2. The van der Waals surface area contributed by atoms with Gasteiger partial charge in [0.15, 0.2) is 0 Å². The van der Waals surface area contributed by atoms with Crippen molar-refractivity contribution in [1.29, 1.82) is 0 Å². The van der Waals surface area contributed by atoms with E-state index in [1.54, 1.807) is 18.2 Å². The summed E-state index contributed by atoms with van der Waals surface area (Å²) in [4.78, 5) is 29.2. The molecule has 41 heavy (non-hydrogen) atoms. The van der Waals surface area contributed by atoms with E-state index < -0.39 is 11.6 Å². The summed E-state index contributed by atoms with van der Waals surface area (Å²) in [6.45, 7) is 10.1. The molecule has 0 amide bonds. The van der Waals surface area contributed by atoms with Gasteiger partial charge in [-0.1, -0.05) is 0 Å². The Morgan fingerprint density at radius 2 is 1.66 bits per heavy atom. The monoisotopic (exact) mass is 566 g/mol. The quantitative estimate of drug-likeness (QED) is 0.442. The van der Waals surface area contributed by atoms with E-state index in [2.05, 4.69) is 9.80 Å². The van der Waals surface area contributed by atoms with Gasteiger partial charge in [-0.15, -0.1) is 0 Å². The number of anilines is 1. The highest BCUT2D eigenvalue weighted by atomic mass is 16.6.